The van der Waals surface area contributed by atoms with E-state index in [4.69, 9.17) is 21.4 Å². The van der Waals surface area contributed by atoms with Gasteiger partial charge in [0.1, 0.15) is 5.75 Å². The summed E-state index contributed by atoms with van der Waals surface area (Å²) in [7, 11) is 1.54. The summed E-state index contributed by atoms with van der Waals surface area (Å²) in [6, 6.07) is 5.24. The minimum absolute atomic E-state index is 0.115. The van der Waals surface area contributed by atoms with Crippen LogP contribution in [0.1, 0.15) is 39.0 Å². The minimum atomic E-state index is -0.925. The molecule has 1 aromatic heterocycles. The van der Waals surface area contributed by atoms with Gasteiger partial charge >= 0.3 is 5.97 Å². The third-order valence-corrected chi connectivity index (χ3v) is 3.68. The second-order valence-corrected chi connectivity index (χ2v) is 5.41. The molecule has 0 saturated carbocycles. The van der Waals surface area contributed by atoms with Crippen LogP contribution in [0.15, 0.2) is 43.0 Å². The van der Waals surface area contributed by atoms with Crippen molar-refractivity contribution >= 4 is 34.9 Å². The quantitative estimate of drug-likeness (QED) is 0.394. The standard InChI is InChI=1S/C13H13NO4.C4H8.C3H5Cl.C2H6/c1-8-10(6-13(16)17)11-5-9(18-2)3-4-12(11)14(8)7-15;1-3-4-2;1-2-3-4;1-2/h3-5,7H,6H2,1-2H3,(H,16,17);3-4H,1-2H3;2H,1,3H2;1-2H3/b;4-3+;;. The maximum absolute atomic E-state index is 11.1. The van der Waals surface area contributed by atoms with E-state index in [0.717, 1.165) is 5.39 Å². The smallest absolute Gasteiger partial charge is 0.307 e. The molecule has 0 spiro atoms. The predicted molar refractivity (Wildman–Crippen MR) is 119 cm³/mol. The number of rotatable bonds is 5. The summed E-state index contributed by atoms with van der Waals surface area (Å²) in [6.45, 7) is 13.1. The maximum Gasteiger partial charge on any atom is 0.307 e. The average Bonchev–Trinajstić information content (AvgIpc) is 2.99. The Morgan fingerprint density at radius 2 is 1.82 bits per heavy atom. The van der Waals surface area contributed by atoms with Gasteiger partial charge in [0, 0.05) is 17.0 Å². The van der Waals surface area contributed by atoms with Crippen LogP contribution in [-0.4, -0.2) is 35.0 Å². The highest BCUT2D eigenvalue weighted by Gasteiger charge is 2.16. The highest BCUT2D eigenvalue weighted by molar-refractivity contribution is 6.18. The molecule has 0 unspecified atom stereocenters. The third-order valence-electron chi connectivity index (χ3n) is 3.46. The lowest BCUT2D eigenvalue weighted by molar-refractivity contribution is -0.136. The zero-order valence-electron chi connectivity index (χ0n) is 17.7. The number of carbonyl (C=O) groups excluding carboxylic acids is 1. The van der Waals surface area contributed by atoms with Gasteiger partial charge in [-0.15, -0.1) is 18.2 Å². The van der Waals surface area contributed by atoms with E-state index in [2.05, 4.69) is 6.58 Å². The Morgan fingerprint density at radius 1 is 1.29 bits per heavy atom. The van der Waals surface area contributed by atoms with Crippen LogP contribution in [-0.2, 0) is 16.0 Å². The number of carboxylic acids is 1. The molecular formula is C22H32ClNO4. The number of aromatic nitrogens is 1. The largest absolute Gasteiger partial charge is 0.497 e. The number of ether oxygens (including phenoxy) is 1. The Morgan fingerprint density at radius 3 is 2.18 bits per heavy atom. The molecule has 0 aliphatic heterocycles. The monoisotopic (exact) mass is 409 g/mol. The molecule has 0 atom stereocenters. The van der Waals surface area contributed by atoms with E-state index in [1.807, 2.05) is 39.8 Å². The third kappa shape index (κ3) is 8.91. The Hall–Kier alpha value is -2.53. The van der Waals surface area contributed by atoms with Gasteiger partial charge in [-0.1, -0.05) is 32.1 Å². The highest BCUT2D eigenvalue weighted by atomic mass is 35.5. The van der Waals surface area contributed by atoms with Crippen molar-refractivity contribution in [2.45, 2.75) is 41.0 Å². The summed E-state index contributed by atoms with van der Waals surface area (Å²) in [6.07, 6.45) is 6.22. The summed E-state index contributed by atoms with van der Waals surface area (Å²) in [5.74, 6) is 0.267. The van der Waals surface area contributed by atoms with Gasteiger partial charge in [0.15, 0.2) is 0 Å². The molecule has 0 aliphatic carbocycles. The lowest BCUT2D eigenvalue weighted by Crippen LogP contribution is -2.03. The summed E-state index contributed by atoms with van der Waals surface area (Å²) >= 11 is 5.07. The van der Waals surface area contributed by atoms with Crippen LogP contribution in [0.5, 0.6) is 5.75 Å². The summed E-state index contributed by atoms with van der Waals surface area (Å²) in [4.78, 5) is 22.0. The molecule has 28 heavy (non-hydrogen) atoms. The van der Waals surface area contributed by atoms with Crippen LogP contribution in [0.3, 0.4) is 0 Å². The van der Waals surface area contributed by atoms with E-state index in [-0.39, 0.29) is 6.42 Å². The number of hydrogen-bond donors (Lipinski definition) is 1. The van der Waals surface area contributed by atoms with E-state index in [0.29, 0.717) is 34.8 Å². The van der Waals surface area contributed by atoms with Crippen molar-refractivity contribution in [1.82, 2.24) is 4.57 Å². The predicted octanol–water partition coefficient (Wildman–Crippen LogP) is 5.64. The number of benzene rings is 1. The van der Waals surface area contributed by atoms with Crippen LogP contribution < -0.4 is 4.74 Å². The number of aliphatic carboxylic acids is 1. The Kier molecular flexibility index (Phi) is 16.4. The zero-order chi connectivity index (χ0) is 22.1. The van der Waals surface area contributed by atoms with Crippen LogP contribution in [0.4, 0.5) is 0 Å². The van der Waals surface area contributed by atoms with Gasteiger partial charge < -0.3 is 9.84 Å². The van der Waals surface area contributed by atoms with E-state index in [9.17, 15) is 9.59 Å². The van der Waals surface area contributed by atoms with Crippen LogP contribution in [0.25, 0.3) is 10.9 Å². The molecule has 5 nitrogen and oxygen atoms in total. The van der Waals surface area contributed by atoms with Crippen molar-refractivity contribution in [2.75, 3.05) is 13.0 Å². The molecule has 0 amide bonds. The fourth-order valence-electron chi connectivity index (χ4n) is 2.13. The van der Waals surface area contributed by atoms with Gasteiger partial charge in [0.05, 0.1) is 19.0 Å². The van der Waals surface area contributed by atoms with Gasteiger partial charge in [0.2, 0.25) is 6.41 Å². The lowest BCUT2D eigenvalue weighted by Gasteiger charge is -2.00. The Bertz CT molecular complexity index is 759. The lowest BCUT2D eigenvalue weighted by atomic mass is 10.1. The van der Waals surface area contributed by atoms with Crippen LogP contribution in [0.2, 0.25) is 0 Å². The summed E-state index contributed by atoms with van der Waals surface area (Å²) < 4.78 is 6.57. The van der Waals surface area contributed by atoms with E-state index in [1.165, 1.54) is 4.57 Å². The number of fused-ring (bicyclic) bond motifs is 1. The molecule has 0 fully saturated rings. The van der Waals surface area contributed by atoms with Crippen molar-refractivity contribution in [2.24, 2.45) is 0 Å². The molecule has 0 radical (unpaired) electrons. The number of nitrogens with zero attached hydrogens (tertiary/aromatic N) is 1. The van der Waals surface area contributed by atoms with Crippen molar-refractivity contribution in [3.05, 3.63) is 54.3 Å². The van der Waals surface area contributed by atoms with E-state index >= 15 is 0 Å². The SMILES string of the molecule is C/C=C/C.C=CCCl.CC.COc1ccc2c(c1)c(CC(=O)O)c(C)n2C=O. The first kappa shape index (κ1) is 27.7. The summed E-state index contributed by atoms with van der Waals surface area (Å²) in [5.41, 5.74) is 1.98. The zero-order valence-corrected chi connectivity index (χ0v) is 18.4. The highest BCUT2D eigenvalue weighted by Crippen LogP contribution is 2.28. The van der Waals surface area contributed by atoms with Crippen molar-refractivity contribution in [1.29, 1.82) is 0 Å². The Labute approximate surface area is 173 Å². The van der Waals surface area contributed by atoms with Gasteiger partial charge in [-0.3, -0.25) is 14.2 Å². The molecular weight excluding hydrogens is 378 g/mol. The van der Waals surface area contributed by atoms with Crippen molar-refractivity contribution in [3.63, 3.8) is 0 Å². The molecule has 6 heteroatoms. The first-order valence-corrected chi connectivity index (χ1v) is 9.53. The van der Waals surface area contributed by atoms with Gasteiger partial charge in [-0.05, 0) is 44.5 Å². The molecule has 156 valence electrons. The van der Waals surface area contributed by atoms with Crippen LogP contribution in [0, 0.1) is 6.92 Å². The van der Waals surface area contributed by atoms with Crippen molar-refractivity contribution < 1.29 is 19.4 Å². The van der Waals surface area contributed by atoms with Gasteiger partial charge in [0.25, 0.3) is 0 Å². The molecule has 2 aromatic rings. The first-order valence-electron chi connectivity index (χ1n) is 9.00. The topological polar surface area (TPSA) is 68.5 Å². The molecule has 1 N–H and O–H groups in total. The molecule has 0 bridgehead atoms. The number of allylic oxidation sites excluding steroid dienone is 3. The number of carbonyl (C=O) groups is 2. The van der Waals surface area contributed by atoms with Gasteiger partial charge in [-0.2, -0.15) is 0 Å². The Balaban J connectivity index is 0. The van der Waals surface area contributed by atoms with Crippen molar-refractivity contribution in [3.8, 4) is 5.75 Å². The first-order chi connectivity index (χ1) is 13.4. The fourth-order valence-corrected chi connectivity index (χ4v) is 2.13. The summed E-state index contributed by atoms with van der Waals surface area (Å²) in [5, 5.41) is 9.67. The molecule has 0 aliphatic rings. The fraction of sp³-hybridized carbons (Fsp3) is 0.364. The number of hydrogen-bond acceptors (Lipinski definition) is 3. The molecule has 1 heterocycles. The molecule has 1 aromatic carbocycles. The van der Waals surface area contributed by atoms with Gasteiger partial charge in [-0.25, -0.2) is 0 Å². The van der Waals surface area contributed by atoms with E-state index in [1.54, 1.807) is 38.3 Å². The second-order valence-electron chi connectivity index (χ2n) is 5.10. The number of methoxy groups -OCH3 is 1. The molecule has 0 saturated heterocycles. The average molecular weight is 410 g/mol. The van der Waals surface area contributed by atoms with Crippen LogP contribution >= 0.6 is 11.6 Å². The number of alkyl halides is 1. The number of halogens is 1. The maximum atomic E-state index is 11.1. The minimum Gasteiger partial charge on any atom is -0.497 e. The molecule has 2 rings (SSSR count). The normalized spacial score (nSPS) is 9.25. The number of carboxylic acid groups (broad SMARTS) is 1. The second kappa shape index (κ2) is 16.6. The van der Waals surface area contributed by atoms with E-state index < -0.39 is 5.97 Å².